The third-order valence-electron chi connectivity index (χ3n) is 6.46. The van der Waals surface area contributed by atoms with Crippen molar-refractivity contribution in [1.29, 1.82) is 0 Å². The molecular formula is C20H28O3. The van der Waals surface area contributed by atoms with E-state index in [0.29, 0.717) is 11.5 Å². The van der Waals surface area contributed by atoms with Gasteiger partial charge in [0.15, 0.2) is 0 Å². The van der Waals surface area contributed by atoms with Crippen LogP contribution in [-0.2, 0) is 4.74 Å². The van der Waals surface area contributed by atoms with Gasteiger partial charge in [0.1, 0.15) is 6.10 Å². The van der Waals surface area contributed by atoms with Crippen molar-refractivity contribution < 1.29 is 14.6 Å². The lowest BCUT2D eigenvalue weighted by Gasteiger charge is -2.58. The zero-order valence-corrected chi connectivity index (χ0v) is 14.4. The standard InChI is InChI=1S/C20H28O3/c1-19(2)15-10-7-11-17(20(15,3)13-12-16(19)21)23-18(22)14-8-5-4-6-9-14/h4-6,8-9,15-17,21H,7,10-13H2,1-3H3. The average molecular weight is 316 g/mol. The van der Waals surface area contributed by atoms with E-state index in [-0.39, 0.29) is 29.0 Å². The van der Waals surface area contributed by atoms with E-state index in [9.17, 15) is 9.90 Å². The number of aliphatic hydroxyl groups is 1. The summed E-state index contributed by atoms with van der Waals surface area (Å²) in [7, 11) is 0. The number of carbonyl (C=O) groups is 1. The lowest BCUT2D eigenvalue weighted by Crippen LogP contribution is -2.57. The van der Waals surface area contributed by atoms with Crippen LogP contribution in [0, 0.1) is 16.7 Å². The van der Waals surface area contributed by atoms with Crippen LogP contribution >= 0.6 is 0 Å². The van der Waals surface area contributed by atoms with Gasteiger partial charge < -0.3 is 9.84 Å². The first kappa shape index (κ1) is 16.5. The van der Waals surface area contributed by atoms with Crippen molar-refractivity contribution >= 4 is 5.97 Å². The first-order valence-corrected chi connectivity index (χ1v) is 8.80. The number of ether oxygens (including phenoxy) is 1. The highest BCUT2D eigenvalue weighted by Crippen LogP contribution is 2.58. The highest BCUT2D eigenvalue weighted by molar-refractivity contribution is 5.89. The minimum absolute atomic E-state index is 0.0363. The Morgan fingerprint density at radius 1 is 1.13 bits per heavy atom. The molecule has 0 heterocycles. The highest BCUT2D eigenvalue weighted by Gasteiger charge is 2.56. The Balaban J connectivity index is 1.82. The molecule has 1 aromatic carbocycles. The van der Waals surface area contributed by atoms with E-state index < -0.39 is 0 Å². The number of esters is 1. The maximum Gasteiger partial charge on any atom is 0.338 e. The Kier molecular flexibility index (Phi) is 4.26. The van der Waals surface area contributed by atoms with Gasteiger partial charge in [0, 0.05) is 5.41 Å². The summed E-state index contributed by atoms with van der Waals surface area (Å²) in [6.07, 6.45) is 4.50. The van der Waals surface area contributed by atoms with Crippen LogP contribution in [-0.4, -0.2) is 23.3 Å². The third kappa shape index (κ3) is 2.80. The van der Waals surface area contributed by atoms with E-state index in [4.69, 9.17) is 4.74 Å². The van der Waals surface area contributed by atoms with Crippen molar-refractivity contribution in [2.45, 2.75) is 65.1 Å². The molecule has 3 heteroatoms. The van der Waals surface area contributed by atoms with Gasteiger partial charge in [0.2, 0.25) is 0 Å². The van der Waals surface area contributed by atoms with Crippen LogP contribution in [0.15, 0.2) is 30.3 Å². The Hall–Kier alpha value is -1.35. The molecule has 0 aromatic heterocycles. The van der Waals surface area contributed by atoms with Gasteiger partial charge in [-0.15, -0.1) is 0 Å². The van der Waals surface area contributed by atoms with Crippen LogP contribution < -0.4 is 0 Å². The number of fused-ring (bicyclic) bond motifs is 1. The summed E-state index contributed by atoms with van der Waals surface area (Å²) in [5, 5.41) is 10.4. The zero-order chi connectivity index (χ0) is 16.7. The van der Waals surface area contributed by atoms with Crippen molar-refractivity contribution in [2.24, 2.45) is 16.7 Å². The smallest absolute Gasteiger partial charge is 0.338 e. The molecule has 0 bridgehead atoms. The van der Waals surface area contributed by atoms with Gasteiger partial charge >= 0.3 is 5.97 Å². The minimum atomic E-state index is -0.260. The molecule has 1 aromatic rings. The summed E-state index contributed by atoms with van der Waals surface area (Å²) < 4.78 is 5.96. The van der Waals surface area contributed by atoms with Crippen LogP contribution in [0.3, 0.4) is 0 Å². The van der Waals surface area contributed by atoms with Crippen LogP contribution in [0.2, 0.25) is 0 Å². The van der Waals surface area contributed by atoms with Crippen molar-refractivity contribution in [2.75, 3.05) is 0 Å². The quantitative estimate of drug-likeness (QED) is 0.832. The summed E-state index contributed by atoms with van der Waals surface area (Å²) in [5.41, 5.74) is 0.462. The average Bonchev–Trinajstić information content (AvgIpc) is 2.54. The second kappa shape index (κ2) is 5.94. The molecule has 0 saturated heterocycles. The third-order valence-corrected chi connectivity index (χ3v) is 6.46. The molecule has 2 fully saturated rings. The molecule has 2 saturated carbocycles. The molecular weight excluding hydrogens is 288 g/mol. The number of rotatable bonds is 2. The van der Waals surface area contributed by atoms with E-state index >= 15 is 0 Å². The summed E-state index contributed by atoms with van der Waals surface area (Å²) in [5.74, 6) is 0.169. The maximum atomic E-state index is 12.5. The number of benzene rings is 1. The first-order valence-electron chi connectivity index (χ1n) is 8.80. The first-order chi connectivity index (χ1) is 10.9. The number of hydrogen-bond acceptors (Lipinski definition) is 3. The molecule has 1 N–H and O–H groups in total. The fourth-order valence-electron chi connectivity index (χ4n) is 4.97. The number of aliphatic hydroxyl groups excluding tert-OH is 1. The molecule has 2 aliphatic rings. The highest BCUT2D eigenvalue weighted by atomic mass is 16.5. The number of hydrogen-bond donors (Lipinski definition) is 1. The van der Waals surface area contributed by atoms with Crippen molar-refractivity contribution in [3.63, 3.8) is 0 Å². The Morgan fingerprint density at radius 3 is 2.52 bits per heavy atom. The van der Waals surface area contributed by atoms with Crippen LogP contribution in [0.25, 0.3) is 0 Å². The molecule has 0 aliphatic heterocycles. The molecule has 0 radical (unpaired) electrons. The maximum absolute atomic E-state index is 12.5. The summed E-state index contributed by atoms with van der Waals surface area (Å²) in [6.45, 7) is 6.59. The van der Waals surface area contributed by atoms with Gasteiger partial charge in [-0.2, -0.15) is 0 Å². The Labute approximate surface area is 139 Å². The lowest BCUT2D eigenvalue weighted by atomic mass is 9.50. The molecule has 3 nitrogen and oxygen atoms in total. The lowest BCUT2D eigenvalue weighted by molar-refractivity contribution is -0.160. The SMILES string of the molecule is CC1(C)C(O)CCC2(C)C(OC(=O)c3ccccc3)CCCC12. The molecule has 0 spiro atoms. The van der Waals surface area contributed by atoms with Gasteiger partial charge in [-0.05, 0) is 55.6 Å². The molecule has 126 valence electrons. The fourth-order valence-corrected chi connectivity index (χ4v) is 4.97. The van der Waals surface area contributed by atoms with Gasteiger partial charge in [0.05, 0.1) is 11.7 Å². The van der Waals surface area contributed by atoms with E-state index in [0.717, 1.165) is 32.1 Å². The van der Waals surface area contributed by atoms with Gasteiger partial charge in [-0.1, -0.05) is 39.0 Å². The molecule has 3 rings (SSSR count). The topological polar surface area (TPSA) is 46.5 Å². The van der Waals surface area contributed by atoms with Crippen LogP contribution in [0.1, 0.15) is 63.2 Å². The molecule has 4 unspecified atom stereocenters. The van der Waals surface area contributed by atoms with E-state index in [1.54, 1.807) is 12.1 Å². The van der Waals surface area contributed by atoms with Crippen molar-refractivity contribution in [3.05, 3.63) is 35.9 Å². The second-order valence-electron chi connectivity index (χ2n) is 8.13. The fraction of sp³-hybridized carbons (Fsp3) is 0.650. The molecule has 0 amide bonds. The largest absolute Gasteiger partial charge is 0.458 e. The Bertz CT molecular complexity index is 566. The van der Waals surface area contributed by atoms with Crippen LogP contribution in [0.4, 0.5) is 0 Å². The Morgan fingerprint density at radius 2 is 1.83 bits per heavy atom. The number of carbonyl (C=O) groups excluding carboxylic acids is 1. The molecule has 23 heavy (non-hydrogen) atoms. The predicted octanol–water partition coefficient (Wildman–Crippen LogP) is 4.20. The van der Waals surface area contributed by atoms with E-state index in [1.807, 2.05) is 18.2 Å². The summed E-state index contributed by atoms with van der Waals surface area (Å²) >= 11 is 0. The molecule has 2 aliphatic carbocycles. The molecule has 4 atom stereocenters. The van der Waals surface area contributed by atoms with Gasteiger partial charge in [0.25, 0.3) is 0 Å². The monoisotopic (exact) mass is 316 g/mol. The van der Waals surface area contributed by atoms with Crippen molar-refractivity contribution in [3.8, 4) is 0 Å². The van der Waals surface area contributed by atoms with Crippen LogP contribution in [0.5, 0.6) is 0 Å². The van der Waals surface area contributed by atoms with E-state index in [1.165, 1.54) is 0 Å². The van der Waals surface area contributed by atoms with Gasteiger partial charge in [-0.25, -0.2) is 4.79 Å². The zero-order valence-electron chi connectivity index (χ0n) is 14.4. The minimum Gasteiger partial charge on any atom is -0.458 e. The van der Waals surface area contributed by atoms with Crippen molar-refractivity contribution in [1.82, 2.24) is 0 Å². The second-order valence-corrected chi connectivity index (χ2v) is 8.13. The summed E-state index contributed by atoms with van der Waals surface area (Å²) in [6, 6.07) is 9.24. The predicted molar refractivity (Wildman–Crippen MR) is 90.1 cm³/mol. The van der Waals surface area contributed by atoms with E-state index in [2.05, 4.69) is 20.8 Å². The summed E-state index contributed by atoms with van der Waals surface area (Å²) in [4.78, 5) is 12.5. The normalized spacial score (nSPS) is 36.1. The van der Waals surface area contributed by atoms with Gasteiger partial charge in [-0.3, -0.25) is 0 Å².